The Bertz CT molecular complexity index is 337. The summed E-state index contributed by atoms with van der Waals surface area (Å²) in [7, 11) is 0. The summed E-state index contributed by atoms with van der Waals surface area (Å²) in [6, 6.07) is 7.52. The smallest absolute Gasteiger partial charge is 0.236 e. The van der Waals surface area contributed by atoms with E-state index in [1.165, 1.54) is 0 Å². The van der Waals surface area contributed by atoms with Crippen molar-refractivity contribution >= 4 is 11.6 Å². The van der Waals surface area contributed by atoms with Gasteiger partial charge in [0.1, 0.15) is 6.04 Å². The summed E-state index contributed by atoms with van der Waals surface area (Å²) >= 11 is 0. The lowest BCUT2D eigenvalue weighted by Crippen LogP contribution is -2.48. The number of nitrogens with one attached hydrogen (secondary N) is 2. The maximum absolute atomic E-state index is 10.9. The zero-order chi connectivity index (χ0) is 9.26. The molecule has 1 heterocycles. The molecule has 0 aromatic heterocycles. The van der Waals surface area contributed by atoms with Crippen LogP contribution in [0.2, 0.25) is 0 Å². The largest absolute Gasteiger partial charge is 0.368 e. The van der Waals surface area contributed by atoms with Crippen LogP contribution in [0.3, 0.4) is 0 Å². The number of benzene rings is 1. The fraction of sp³-hybridized carbons (Fsp3) is 0.222. The van der Waals surface area contributed by atoms with Crippen molar-refractivity contribution in [3.8, 4) is 0 Å². The highest BCUT2D eigenvalue weighted by atomic mass is 16.1. The van der Waals surface area contributed by atoms with Crippen molar-refractivity contribution in [2.45, 2.75) is 12.5 Å². The van der Waals surface area contributed by atoms with E-state index >= 15 is 0 Å². The normalized spacial score (nSPS) is 20.2. The van der Waals surface area contributed by atoms with E-state index in [1.807, 2.05) is 24.3 Å². The fourth-order valence-corrected chi connectivity index (χ4v) is 1.43. The summed E-state index contributed by atoms with van der Waals surface area (Å²) in [5.41, 5.74) is 13.1. The number of fused-ring (bicyclic) bond motifs is 1. The number of hydrogen-bond acceptors (Lipinski definition) is 3. The molecule has 0 saturated heterocycles. The number of hydrazine groups is 1. The van der Waals surface area contributed by atoms with Crippen LogP contribution in [0.1, 0.15) is 5.56 Å². The lowest BCUT2D eigenvalue weighted by atomic mass is 10.0. The average Bonchev–Trinajstić information content (AvgIpc) is 2.17. The molecule has 0 saturated carbocycles. The van der Waals surface area contributed by atoms with Gasteiger partial charge in [0.25, 0.3) is 0 Å². The first-order chi connectivity index (χ1) is 6.27. The van der Waals surface area contributed by atoms with Crippen molar-refractivity contribution in [2.24, 2.45) is 5.73 Å². The van der Waals surface area contributed by atoms with Crippen molar-refractivity contribution in [3.05, 3.63) is 29.8 Å². The summed E-state index contributed by atoms with van der Waals surface area (Å²) in [4.78, 5) is 10.9. The molecule has 0 aliphatic carbocycles. The van der Waals surface area contributed by atoms with Gasteiger partial charge in [-0.3, -0.25) is 4.79 Å². The highest BCUT2D eigenvalue weighted by molar-refractivity contribution is 5.81. The molecule has 4 heteroatoms. The fourth-order valence-electron chi connectivity index (χ4n) is 1.43. The Morgan fingerprint density at radius 3 is 3.00 bits per heavy atom. The molecule has 0 radical (unpaired) electrons. The number of primary amides is 1. The van der Waals surface area contributed by atoms with Crippen LogP contribution in [0.15, 0.2) is 24.3 Å². The van der Waals surface area contributed by atoms with E-state index in [9.17, 15) is 4.79 Å². The van der Waals surface area contributed by atoms with Crippen LogP contribution in [0.5, 0.6) is 0 Å². The van der Waals surface area contributed by atoms with Crippen LogP contribution in [0.25, 0.3) is 0 Å². The van der Waals surface area contributed by atoms with Crippen LogP contribution < -0.4 is 16.6 Å². The minimum absolute atomic E-state index is 0.310. The second-order valence-corrected chi connectivity index (χ2v) is 3.09. The van der Waals surface area contributed by atoms with Crippen LogP contribution >= 0.6 is 0 Å². The number of nitrogens with two attached hydrogens (primary N) is 1. The summed E-state index contributed by atoms with van der Waals surface area (Å²) in [5.74, 6) is -0.331. The highest BCUT2D eigenvalue weighted by Gasteiger charge is 2.20. The predicted molar refractivity (Wildman–Crippen MR) is 49.9 cm³/mol. The molecule has 1 amide bonds. The number of rotatable bonds is 1. The lowest BCUT2D eigenvalue weighted by Gasteiger charge is -2.24. The van der Waals surface area contributed by atoms with Gasteiger partial charge >= 0.3 is 0 Å². The summed E-state index contributed by atoms with van der Waals surface area (Å²) < 4.78 is 0. The number of carbonyl (C=O) groups excluding carboxylic acids is 1. The third kappa shape index (κ3) is 1.48. The van der Waals surface area contributed by atoms with Gasteiger partial charge in [-0.1, -0.05) is 18.2 Å². The summed E-state index contributed by atoms with van der Waals surface area (Å²) in [5, 5.41) is 0. The van der Waals surface area contributed by atoms with E-state index in [1.54, 1.807) is 0 Å². The van der Waals surface area contributed by atoms with Gasteiger partial charge in [-0.05, 0) is 11.6 Å². The van der Waals surface area contributed by atoms with Crippen molar-refractivity contribution in [1.82, 2.24) is 5.43 Å². The lowest BCUT2D eigenvalue weighted by molar-refractivity contribution is -0.119. The Morgan fingerprint density at radius 1 is 1.46 bits per heavy atom. The van der Waals surface area contributed by atoms with Crippen molar-refractivity contribution in [2.75, 3.05) is 5.43 Å². The Hall–Kier alpha value is -1.55. The molecule has 1 aromatic carbocycles. The molecule has 0 bridgehead atoms. The van der Waals surface area contributed by atoms with Crippen molar-refractivity contribution in [3.63, 3.8) is 0 Å². The van der Waals surface area contributed by atoms with Gasteiger partial charge in [0.05, 0.1) is 5.69 Å². The molecule has 0 spiro atoms. The molecule has 2 rings (SSSR count). The number of hydrogen-bond donors (Lipinski definition) is 3. The Labute approximate surface area is 76.1 Å². The third-order valence-corrected chi connectivity index (χ3v) is 2.17. The zero-order valence-corrected chi connectivity index (χ0v) is 7.08. The minimum Gasteiger partial charge on any atom is -0.368 e. The second kappa shape index (κ2) is 3.06. The number of amides is 1. The number of carbonyl (C=O) groups is 1. The summed E-state index contributed by atoms with van der Waals surface area (Å²) in [6.07, 6.45) is 0.651. The maximum Gasteiger partial charge on any atom is 0.236 e. The van der Waals surface area contributed by atoms with Gasteiger partial charge in [0, 0.05) is 6.42 Å². The first kappa shape index (κ1) is 8.07. The first-order valence-corrected chi connectivity index (χ1v) is 4.16. The van der Waals surface area contributed by atoms with E-state index in [2.05, 4.69) is 10.9 Å². The standard InChI is InChI=1S/C9H11N3O/c10-9(13)8-5-6-3-1-2-4-7(6)11-12-8/h1-4,8,11-12H,5H2,(H2,10,13). The van der Waals surface area contributed by atoms with Gasteiger partial charge in [-0.2, -0.15) is 0 Å². The second-order valence-electron chi connectivity index (χ2n) is 3.09. The van der Waals surface area contributed by atoms with Gasteiger partial charge in [-0.15, -0.1) is 0 Å². The SMILES string of the molecule is NC(=O)C1Cc2ccccc2NN1. The minimum atomic E-state index is -0.331. The molecule has 4 N–H and O–H groups in total. The van der Waals surface area contributed by atoms with Crippen LogP contribution in [0, 0.1) is 0 Å². The zero-order valence-electron chi connectivity index (χ0n) is 7.08. The van der Waals surface area contributed by atoms with Crippen molar-refractivity contribution in [1.29, 1.82) is 0 Å². The molecule has 4 nitrogen and oxygen atoms in total. The Kier molecular flexibility index (Phi) is 1.90. The van der Waals surface area contributed by atoms with Gasteiger partial charge in [0.15, 0.2) is 0 Å². The van der Waals surface area contributed by atoms with E-state index in [4.69, 9.17) is 5.73 Å². The van der Waals surface area contributed by atoms with Crippen LogP contribution in [-0.4, -0.2) is 11.9 Å². The number of anilines is 1. The number of para-hydroxylation sites is 1. The molecule has 1 atom stereocenters. The maximum atomic E-state index is 10.9. The monoisotopic (exact) mass is 177 g/mol. The molecular formula is C9H11N3O. The predicted octanol–water partition coefficient (Wildman–Crippen LogP) is 0.0131. The van der Waals surface area contributed by atoms with Crippen molar-refractivity contribution < 1.29 is 4.79 Å². The molecule has 0 fully saturated rings. The topological polar surface area (TPSA) is 67.2 Å². The first-order valence-electron chi connectivity index (χ1n) is 4.16. The molecular weight excluding hydrogens is 166 g/mol. The van der Waals surface area contributed by atoms with Gasteiger partial charge in [0.2, 0.25) is 5.91 Å². The van der Waals surface area contributed by atoms with Gasteiger partial charge < -0.3 is 11.2 Å². The van der Waals surface area contributed by atoms with E-state index in [-0.39, 0.29) is 11.9 Å². The molecule has 1 aliphatic heterocycles. The highest BCUT2D eigenvalue weighted by Crippen LogP contribution is 2.19. The van der Waals surface area contributed by atoms with Gasteiger partial charge in [-0.25, -0.2) is 5.43 Å². The quantitative estimate of drug-likeness (QED) is 0.566. The van der Waals surface area contributed by atoms with E-state index in [0.29, 0.717) is 6.42 Å². The average molecular weight is 177 g/mol. The third-order valence-electron chi connectivity index (χ3n) is 2.17. The van der Waals surface area contributed by atoms with Crippen LogP contribution in [0.4, 0.5) is 5.69 Å². The Balaban J connectivity index is 2.24. The van der Waals surface area contributed by atoms with E-state index < -0.39 is 0 Å². The molecule has 13 heavy (non-hydrogen) atoms. The molecule has 68 valence electrons. The Morgan fingerprint density at radius 2 is 2.23 bits per heavy atom. The summed E-state index contributed by atoms with van der Waals surface area (Å²) in [6.45, 7) is 0. The van der Waals surface area contributed by atoms with E-state index in [0.717, 1.165) is 11.3 Å². The molecule has 1 aliphatic rings. The van der Waals surface area contributed by atoms with Crippen LogP contribution in [-0.2, 0) is 11.2 Å². The molecule has 1 unspecified atom stereocenters. The molecule has 1 aromatic rings.